The molecule has 0 spiro atoms. The minimum absolute atomic E-state index is 0.199. The van der Waals surface area contributed by atoms with Gasteiger partial charge in [0.25, 0.3) is 11.8 Å². The number of likely N-dealkylation sites (tertiary alicyclic amines) is 1. The largest absolute Gasteiger partial charge is 0.339 e. The Hall–Kier alpha value is -1.63. The lowest BCUT2D eigenvalue weighted by Gasteiger charge is -2.28. The van der Waals surface area contributed by atoms with Crippen molar-refractivity contribution in [1.29, 1.82) is 0 Å². The number of likely N-dealkylation sites (N-methyl/N-ethyl adjacent to an activating group) is 1. The van der Waals surface area contributed by atoms with E-state index in [9.17, 15) is 14.4 Å². The minimum atomic E-state index is -0.624. The van der Waals surface area contributed by atoms with Crippen molar-refractivity contribution in [2.45, 2.75) is 37.8 Å². The molecule has 2 aliphatic rings. The van der Waals surface area contributed by atoms with Crippen LogP contribution < -0.4 is 5.32 Å². The van der Waals surface area contributed by atoms with Crippen LogP contribution in [0.3, 0.4) is 0 Å². The molecule has 7 heteroatoms. The van der Waals surface area contributed by atoms with E-state index >= 15 is 0 Å². The van der Waals surface area contributed by atoms with Crippen molar-refractivity contribution in [3.63, 3.8) is 0 Å². The van der Waals surface area contributed by atoms with Gasteiger partial charge in [0.1, 0.15) is 11.7 Å². The maximum atomic E-state index is 12.4. The van der Waals surface area contributed by atoms with Crippen LogP contribution in [-0.2, 0) is 9.59 Å². The molecule has 6 nitrogen and oxygen atoms in total. The van der Waals surface area contributed by atoms with E-state index in [4.69, 9.17) is 0 Å². The molecule has 1 atom stereocenters. The maximum absolute atomic E-state index is 12.4. The second-order valence-electron chi connectivity index (χ2n) is 5.54. The van der Waals surface area contributed by atoms with Gasteiger partial charge in [-0.25, -0.2) is 0 Å². The summed E-state index contributed by atoms with van der Waals surface area (Å²) in [4.78, 5) is 36.9. The molecule has 2 heterocycles. The van der Waals surface area contributed by atoms with E-state index in [1.54, 1.807) is 6.07 Å². The van der Waals surface area contributed by atoms with Gasteiger partial charge in [0, 0.05) is 30.2 Å². The molecule has 1 aliphatic heterocycles. The summed E-state index contributed by atoms with van der Waals surface area (Å²) in [7, 11) is 1.45. The molecular formula is C14H16BrN3O3. The molecule has 3 amide bonds. The van der Waals surface area contributed by atoms with Crippen LogP contribution in [0.4, 0.5) is 0 Å². The number of halogens is 1. The lowest BCUT2D eigenvalue weighted by Crippen LogP contribution is -2.53. The number of amides is 3. The number of hydrogen-bond acceptors (Lipinski definition) is 3. The molecule has 1 unspecified atom stereocenters. The summed E-state index contributed by atoms with van der Waals surface area (Å²) >= 11 is 3.38. The summed E-state index contributed by atoms with van der Waals surface area (Å²) in [6.07, 6.45) is 4.67. The van der Waals surface area contributed by atoms with Crippen molar-refractivity contribution in [3.05, 3.63) is 22.4 Å². The SMILES string of the molecule is CN1C(=O)CCC(NC(=O)c2cc(Br)cn2C2CC2)C1=O. The van der Waals surface area contributed by atoms with Gasteiger partial charge < -0.3 is 9.88 Å². The first-order valence-electron chi connectivity index (χ1n) is 6.96. The molecular weight excluding hydrogens is 338 g/mol. The smallest absolute Gasteiger partial charge is 0.268 e. The fourth-order valence-electron chi connectivity index (χ4n) is 2.56. The highest BCUT2D eigenvalue weighted by Crippen LogP contribution is 2.37. The summed E-state index contributed by atoms with van der Waals surface area (Å²) in [5.74, 6) is -0.813. The third-order valence-electron chi connectivity index (χ3n) is 3.94. The number of hydrogen-bond donors (Lipinski definition) is 1. The molecule has 0 bridgehead atoms. The molecule has 1 aliphatic carbocycles. The Morgan fingerprint density at radius 2 is 2.05 bits per heavy atom. The number of carbonyl (C=O) groups is 3. The van der Waals surface area contributed by atoms with Gasteiger partial charge in [-0.1, -0.05) is 0 Å². The Morgan fingerprint density at radius 1 is 1.33 bits per heavy atom. The maximum Gasteiger partial charge on any atom is 0.268 e. The van der Waals surface area contributed by atoms with E-state index in [0.29, 0.717) is 18.2 Å². The number of piperidine rings is 1. The quantitative estimate of drug-likeness (QED) is 0.836. The van der Waals surface area contributed by atoms with Gasteiger partial charge in [-0.3, -0.25) is 19.3 Å². The first-order valence-corrected chi connectivity index (χ1v) is 7.75. The normalized spacial score (nSPS) is 22.6. The highest BCUT2D eigenvalue weighted by atomic mass is 79.9. The first-order chi connectivity index (χ1) is 9.97. The molecule has 3 rings (SSSR count). The zero-order chi connectivity index (χ0) is 15.1. The van der Waals surface area contributed by atoms with Gasteiger partial charge >= 0.3 is 0 Å². The molecule has 112 valence electrons. The summed E-state index contributed by atoms with van der Waals surface area (Å²) < 4.78 is 2.79. The minimum Gasteiger partial charge on any atom is -0.339 e. The van der Waals surface area contributed by atoms with E-state index < -0.39 is 6.04 Å². The van der Waals surface area contributed by atoms with Crippen LogP contribution in [0.5, 0.6) is 0 Å². The molecule has 0 radical (unpaired) electrons. The zero-order valence-corrected chi connectivity index (χ0v) is 13.2. The number of rotatable bonds is 3. The van der Waals surface area contributed by atoms with Crippen LogP contribution in [0.15, 0.2) is 16.7 Å². The number of nitrogens with zero attached hydrogens (tertiary/aromatic N) is 2. The predicted octanol–water partition coefficient (Wildman–Crippen LogP) is 1.46. The van der Waals surface area contributed by atoms with Crippen LogP contribution in [-0.4, -0.2) is 40.3 Å². The van der Waals surface area contributed by atoms with Gasteiger partial charge in [-0.05, 0) is 41.3 Å². The van der Waals surface area contributed by atoms with E-state index in [0.717, 1.165) is 22.2 Å². The topological polar surface area (TPSA) is 71.4 Å². The lowest BCUT2D eigenvalue weighted by atomic mass is 10.0. The monoisotopic (exact) mass is 353 g/mol. The summed E-state index contributed by atoms with van der Waals surface area (Å²) in [6.45, 7) is 0. The van der Waals surface area contributed by atoms with Crippen molar-refractivity contribution in [1.82, 2.24) is 14.8 Å². The van der Waals surface area contributed by atoms with Gasteiger partial charge in [-0.2, -0.15) is 0 Å². The van der Waals surface area contributed by atoms with Crippen molar-refractivity contribution < 1.29 is 14.4 Å². The number of carbonyl (C=O) groups excluding carboxylic acids is 3. The van der Waals surface area contributed by atoms with Crippen LogP contribution >= 0.6 is 15.9 Å². The molecule has 1 saturated heterocycles. The third kappa shape index (κ3) is 2.74. The molecule has 1 saturated carbocycles. The average Bonchev–Trinajstić information content (AvgIpc) is 3.22. The Labute approximate surface area is 130 Å². The molecule has 1 aromatic heterocycles. The molecule has 1 N–H and O–H groups in total. The second-order valence-corrected chi connectivity index (χ2v) is 6.45. The van der Waals surface area contributed by atoms with Crippen LogP contribution in [0, 0.1) is 0 Å². The lowest BCUT2D eigenvalue weighted by molar-refractivity contribution is -0.147. The van der Waals surface area contributed by atoms with Crippen LogP contribution in [0.1, 0.15) is 42.2 Å². The molecule has 2 fully saturated rings. The Kier molecular flexibility index (Phi) is 3.61. The Morgan fingerprint density at radius 3 is 2.71 bits per heavy atom. The molecule has 0 aromatic carbocycles. The van der Waals surface area contributed by atoms with Gasteiger partial charge in [0.2, 0.25) is 5.91 Å². The Bertz CT molecular complexity index is 621. The summed E-state index contributed by atoms with van der Waals surface area (Å²) in [5.41, 5.74) is 0.553. The predicted molar refractivity (Wildman–Crippen MR) is 78.7 cm³/mol. The van der Waals surface area contributed by atoms with E-state index in [1.807, 2.05) is 10.8 Å². The highest BCUT2D eigenvalue weighted by molar-refractivity contribution is 9.10. The van der Waals surface area contributed by atoms with E-state index in [1.165, 1.54) is 7.05 Å². The van der Waals surface area contributed by atoms with Gasteiger partial charge in [-0.15, -0.1) is 0 Å². The fraction of sp³-hybridized carbons (Fsp3) is 0.500. The average molecular weight is 354 g/mol. The Balaban J connectivity index is 1.74. The number of nitrogens with one attached hydrogen (secondary N) is 1. The molecule has 1 aromatic rings. The standard InChI is InChI=1S/C14H16BrN3O3/c1-17-12(19)5-4-10(14(17)21)16-13(20)11-6-8(15)7-18(11)9-2-3-9/h6-7,9-10H,2-5H2,1H3,(H,16,20). The fourth-order valence-corrected chi connectivity index (χ4v) is 3.00. The van der Waals surface area contributed by atoms with Gasteiger partial charge in [0.15, 0.2) is 0 Å². The second kappa shape index (κ2) is 5.29. The highest BCUT2D eigenvalue weighted by Gasteiger charge is 2.34. The van der Waals surface area contributed by atoms with Crippen molar-refractivity contribution in [2.24, 2.45) is 0 Å². The summed E-state index contributed by atoms with van der Waals surface area (Å²) in [5, 5.41) is 2.75. The summed E-state index contributed by atoms with van der Waals surface area (Å²) in [6, 6.07) is 1.51. The van der Waals surface area contributed by atoms with Gasteiger partial charge in [0.05, 0.1) is 0 Å². The zero-order valence-electron chi connectivity index (χ0n) is 11.6. The third-order valence-corrected chi connectivity index (χ3v) is 4.38. The molecule has 21 heavy (non-hydrogen) atoms. The number of aromatic nitrogens is 1. The van der Waals surface area contributed by atoms with Crippen LogP contribution in [0.25, 0.3) is 0 Å². The van der Waals surface area contributed by atoms with Crippen LogP contribution in [0.2, 0.25) is 0 Å². The van der Waals surface area contributed by atoms with Crippen molar-refractivity contribution >= 4 is 33.7 Å². The van der Waals surface area contributed by atoms with E-state index in [-0.39, 0.29) is 24.1 Å². The van der Waals surface area contributed by atoms with E-state index in [2.05, 4.69) is 21.2 Å². The van der Waals surface area contributed by atoms with Crippen molar-refractivity contribution in [3.8, 4) is 0 Å². The first kappa shape index (κ1) is 14.3. The van der Waals surface area contributed by atoms with Crippen molar-refractivity contribution in [2.75, 3.05) is 7.05 Å². The number of imide groups is 1.